The molecule has 0 saturated carbocycles. The van der Waals surface area contributed by atoms with Crippen LogP contribution in [0.2, 0.25) is 0 Å². The van der Waals surface area contributed by atoms with Crippen molar-refractivity contribution in [2.24, 2.45) is 0 Å². The number of carbonyl (C=O) groups excluding carboxylic acids is 1. The van der Waals surface area contributed by atoms with Gasteiger partial charge in [0.2, 0.25) is 0 Å². The van der Waals surface area contributed by atoms with Crippen LogP contribution in [-0.4, -0.2) is 39.9 Å². The molecule has 0 aliphatic carbocycles. The molecule has 11 heavy (non-hydrogen) atoms. The molecule has 0 aromatic rings. The average Bonchev–Trinajstić information content (AvgIpc) is 1.99. The summed E-state index contributed by atoms with van der Waals surface area (Å²) in [6.45, 7) is 0.798. The first-order valence-electron chi connectivity index (χ1n) is 3.19. The molecule has 0 aliphatic heterocycles. The van der Waals surface area contributed by atoms with Crippen LogP contribution in [0.4, 0.5) is 0 Å². The van der Waals surface area contributed by atoms with E-state index in [4.69, 9.17) is 0 Å². The predicted molar refractivity (Wildman–Crippen MR) is 37.8 cm³/mol. The second-order valence-electron chi connectivity index (χ2n) is 1.80. The Morgan fingerprint density at radius 2 is 2.00 bits per heavy atom. The van der Waals surface area contributed by atoms with Crippen molar-refractivity contribution in [1.82, 2.24) is 5.48 Å². The number of carbonyl (C=O) groups is 1. The van der Waals surface area contributed by atoms with Crippen LogP contribution in [0.25, 0.3) is 0 Å². The molecule has 0 atom stereocenters. The van der Waals surface area contributed by atoms with E-state index in [1.54, 1.807) is 7.11 Å². The maximum Gasteiger partial charge on any atom is 0.269 e. The van der Waals surface area contributed by atoms with Crippen LogP contribution in [-0.2, 0) is 19.1 Å². The van der Waals surface area contributed by atoms with Gasteiger partial charge in [-0.25, -0.2) is 5.48 Å². The first-order valence-corrected chi connectivity index (χ1v) is 3.19. The van der Waals surface area contributed by atoms with E-state index in [0.29, 0.717) is 13.2 Å². The minimum Gasteiger partial charge on any atom is -0.382 e. The van der Waals surface area contributed by atoms with Crippen LogP contribution in [0.1, 0.15) is 0 Å². The quantitative estimate of drug-likeness (QED) is 0.416. The van der Waals surface area contributed by atoms with Gasteiger partial charge in [0, 0.05) is 14.2 Å². The Hall–Kier alpha value is -0.650. The fraction of sp³-hybridized carbons (Fsp3) is 0.833. The fourth-order valence-electron chi connectivity index (χ4n) is 0.417. The minimum absolute atomic E-state index is 0.00693. The lowest BCUT2D eigenvalue weighted by atomic mass is 10.7. The van der Waals surface area contributed by atoms with Crippen LogP contribution in [0.3, 0.4) is 0 Å². The van der Waals surface area contributed by atoms with Crippen LogP contribution in [0.5, 0.6) is 0 Å². The number of ether oxygens (including phenoxy) is 2. The molecule has 5 nitrogen and oxygen atoms in total. The SMILES string of the molecule is COCCONC(=O)COC. The number of nitrogens with one attached hydrogen (secondary N) is 1. The van der Waals surface area contributed by atoms with Crippen LogP contribution < -0.4 is 5.48 Å². The minimum atomic E-state index is -0.302. The van der Waals surface area contributed by atoms with Crippen molar-refractivity contribution in [2.75, 3.05) is 34.0 Å². The summed E-state index contributed by atoms with van der Waals surface area (Å²) in [4.78, 5) is 15.3. The lowest BCUT2D eigenvalue weighted by Gasteiger charge is -2.03. The molecule has 0 spiro atoms. The molecular formula is C6H13NO4. The molecule has 66 valence electrons. The zero-order valence-corrected chi connectivity index (χ0v) is 6.75. The van der Waals surface area contributed by atoms with E-state index < -0.39 is 0 Å². The molecule has 0 aromatic heterocycles. The number of amides is 1. The number of rotatable bonds is 6. The largest absolute Gasteiger partial charge is 0.382 e. The van der Waals surface area contributed by atoms with Gasteiger partial charge in [0.25, 0.3) is 5.91 Å². The molecule has 0 aromatic carbocycles. The van der Waals surface area contributed by atoms with Gasteiger partial charge in [-0.05, 0) is 0 Å². The van der Waals surface area contributed by atoms with E-state index in [2.05, 4.69) is 19.8 Å². The molecular weight excluding hydrogens is 150 g/mol. The van der Waals surface area contributed by atoms with E-state index >= 15 is 0 Å². The van der Waals surface area contributed by atoms with Crippen molar-refractivity contribution >= 4 is 5.91 Å². The Labute approximate surface area is 65.6 Å². The van der Waals surface area contributed by atoms with E-state index in [-0.39, 0.29) is 12.5 Å². The standard InChI is InChI=1S/C6H13NO4/c1-9-3-4-11-7-6(8)5-10-2/h3-5H2,1-2H3,(H,7,8). The van der Waals surface area contributed by atoms with Gasteiger partial charge in [-0.3, -0.25) is 9.63 Å². The zero-order chi connectivity index (χ0) is 8.53. The van der Waals surface area contributed by atoms with Gasteiger partial charge in [0.1, 0.15) is 6.61 Å². The van der Waals surface area contributed by atoms with Gasteiger partial charge in [0.05, 0.1) is 13.2 Å². The van der Waals surface area contributed by atoms with Crippen LogP contribution in [0.15, 0.2) is 0 Å². The molecule has 0 heterocycles. The summed E-state index contributed by atoms with van der Waals surface area (Å²) in [6, 6.07) is 0. The molecule has 0 aliphatic rings. The highest BCUT2D eigenvalue weighted by Crippen LogP contribution is 1.72. The summed E-state index contributed by atoms with van der Waals surface area (Å²) in [7, 11) is 3.00. The van der Waals surface area contributed by atoms with Gasteiger partial charge in [0.15, 0.2) is 0 Å². The summed E-state index contributed by atoms with van der Waals surface area (Å²) >= 11 is 0. The molecule has 0 saturated heterocycles. The van der Waals surface area contributed by atoms with Gasteiger partial charge in [-0.15, -0.1) is 0 Å². The number of hydrogen-bond donors (Lipinski definition) is 1. The summed E-state index contributed by atoms with van der Waals surface area (Å²) in [5.74, 6) is -0.302. The van der Waals surface area contributed by atoms with Gasteiger partial charge < -0.3 is 9.47 Å². The lowest BCUT2D eigenvalue weighted by molar-refractivity contribution is -0.138. The molecule has 1 N–H and O–H groups in total. The van der Waals surface area contributed by atoms with Crippen molar-refractivity contribution in [2.45, 2.75) is 0 Å². The first kappa shape index (κ1) is 10.3. The highest BCUT2D eigenvalue weighted by molar-refractivity contribution is 5.75. The predicted octanol–water partition coefficient (Wildman–Crippen LogP) is -0.673. The smallest absolute Gasteiger partial charge is 0.269 e. The molecule has 0 bridgehead atoms. The summed E-state index contributed by atoms with van der Waals surface area (Å²) < 4.78 is 9.21. The summed E-state index contributed by atoms with van der Waals surface area (Å²) in [5, 5.41) is 0. The second kappa shape index (κ2) is 7.46. The fourth-order valence-corrected chi connectivity index (χ4v) is 0.417. The van der Waals surface area contributed by atoms with E-state index in [0.717, 1.165) is 0 Å². The Morgan fingerprint density at radius 1 is 1.27 bits per heavy atom. The van der Waals surface area contributed by atoms with Gasteiger partial charge >= 0.3 is 0 Å². The van der Waals surface area contributed by atoms with Gasteiger partial charge in [-0.1, -0.05) is 0 Å². The molecule has 1 amide bonds. The highest BCUT2D eigenvalue weighted by Gasteiger charge is 1.97. The first-order chi connectivity index (χ1) is 5.31. The number of hydrogen-bond acceptors (Lipinski definition) is 4. The highest BCUT2D eigenvalue weighted by atomic mass is 16.7. The van der Waals surface area contributed by atoms with Crippen LogP contribution in [0, 0.1) is 0 Å². The maximum atomic E-state index is 10.6. The summed E-state index contributed by atoms with van der Waals surface area (Å²) in [6.07, 6.45) is 0. The Morgan fingerprint density at radius 3 is 2.55 bits per heavy atom. The number of hydroxylamine groups is 1. The van der Waals surface area contributed by atoms with Crippen molar-refractivity contribution in [3.8, 4) is 0 Å². The average molecular weight is 163 g/mol. The van der Waals surface area contributed by atoms with Crippen molar-refractivity contribution < 1.29 is 19.1 Å². The Bertz CT molecular complexity index is 107. The third-order valence-corrected chi connectivity index (χ3v) is 0.851. The maximum absolute atomic E-state index is 10.6. The molecule has 0 rings (SSSR count). The molecule has 0 fully saturated rings. The zero-order valence-electron chi connectivity index (χ0n) is 6.75. The third kappa shape index (κ3) is 7.24. The van der Waals surface area contributed by atoms with E-state index in [9.17, 15) is 4.79 Å². The normalized spacial score (nSPS) is 9.64. The summed E-state index contributed by atoms with van der Waals surface area (Å²) in [5.41, 5.74) is 2.17. The monoisotopic (exact) mass is 163 g/mol. The lowest BCUT2D eigenvalue weighted by Crippen LogP contribution is -2.28. The number of methoxy groups -OCH3 is 2. The van der Waals surface area contributed by atoms with Crippen molar-refractivity contribution in [3.63, 3.8) is 0 Å². The Balaban J connectivity index is 3.04. The molecule has 0 unspecified atom stereocenters. The van der Waals surface area contributed by atoms with Crippen LogP contribution >= 0.6 is 0 Å². The Kier molecular flexibility index (Phi) is 7.02. The topological polar surface area (TPSA) is 56.8 Å². The van der Waals surface area contributed by atoms with Crippen molar-refractivity contribution in [1.29, 1.82) is 0 Å². The molecule has 5 heteroatoms. The second-order valence-corrected chi connectivity index (χ2v) is 1.80. The van der Waals surface area contributed by atoms with E-state index in [1.165, 1.54) is 7.11 Å². The molecule has 0 radical (unpaired) electrons. The third-order valence-electron chi connectivity index (χ3n) is 0.851. The van der Waals surface area contributed by atoms with E-state index in [1.807, 2.05) is 0 Å². The van der Waals surface area contributed by atoms with Crippen molar-refractivity contribution in [3.05, 3.63) is 0 Å². The van der Waals surface area contributed by atoms with Gasteiger partial charge in [-0.2, -0.15) is 0 Å².